The number of amides is 1. The van der Waals surface area contributed by atoms with E-state index in [1.807, 2.05) is 0 Å². The van der Waals surface area contributed by atoms with Gasteiger partial charge in [0.15, 0.2) is 8.32 Å². The van der Waals surface area contributed by atoms with E-state index >= 15 is 0 Å². The molecular formula is C18H28FNO4Si. The molecule has 0 spiro atoms. The lowest BCUT2D eigenvalue weighted by Crippen LogP contribution is -2.45. The molecule has 5 nitrogen and oxygen atoms in total. The van der Waals surface area contributed by atoms with Gasteiger partial charge in [0, 0.05) is 13.0 Å². The van der Waals surface area contributed by atoms with E-state index in [-0.39, 0.29) is 30.3 Å². The van der Waals surface area contributed by atoms with Crippen molar-refractivity contribution in [1.82, 2.24) is 5.32 Å². The maximum absolute atomic E-state index is 12.9. The lowest BCUT2D eigenvalue weighted by molar-refractivity contribution is -0.142. The van der Waals surface area contributed by atoms with Gasteiger partial charge in [-0.15, -0.1) is 0 Å². The fourth-order valence-electron chi connectivity index (χ4n) is 1.94. The monoisotopic (exact) mass is 369 g/mol. The predicted octanol–water partition coefficient (Wildman–Crippen LogP) is 3.35. The molecule has 7 heteroatoms. The van der Waals surface area contributed by atoms with Crippen LogP contribution in [0.1, 0.15) is 32.8 Å². The lowest BCUT2D eigenvalue weighted by Gasteiger charge is -2.36. The van der Waals surface area contributed by atoms with Crippen LogP contribution in [-0.4, -0.2) is 37.9 Å². The number of hydrogen-bond acceptors (Lipinski definition) is 3. The van der Waals surface area contributed by atoms with Gasteiger partial charge >= 0.3 is 5.97 Å². The lowest BCUT2D eigenvalue weighted by atomic mass is 10.1. The van der Waals surface area contributed by atoms with Crippen LogP contribution >= 0.6 is 0 Å². The number of nitrogens with one attached hydrogen (secondary N) is 1. The second-order valence-corrected chi connectivity index (χ2v) is 12.5. The van der Waals surface area contributed by atoms with E-state index in [1.165, 1.54) is 24.3 Å². The molecule has 0 fully saturated rings. The molecule has 2 N–H and O–H groups in total. The van der Waals surface area contributed by atoms with Crippen LogP contribution in [0.5, 0.6) is 0 Å². The van der Waals surface area contributed by atoms with Crippen LogP contribution in [-0.2, 0) is 20.4 Å². The summed E-state index contributed by atoms with van der Waals surface area (Å²) in [7, 11) is -1.95. The minimum absolute atomic E-state index is 0.00709. The highest BCUT2D eigenvalue weighted by atomic mass is 28.4. The number of carboxylic acid groups (broad SMARTS) is 1. The highest BCUT2D eigenvalue weighted by molar-refractivity contribution is 6.74. The molecule has 0 aromatic heterocycles. The summed E-state index contributed by atoms with van der Waals surface area (Å²) in [6.07, 6.45) is 0.212. The van der Waals surface area contributed by atoms with Gasteiger partial charge in [0.2, 0.25) is 5.91 Å². The molecule has 1 atom stereocenters. The van der Waals surface area contributed by atoms with Crippen molar-refractivity contribution < 1.29 is 23.5 Å². The van der Waals surface area contributed by atoms with Gasteiger partial charge in [-0.3, -0.25) is 4.79 Å². The first-order valence-corrected chi connectivity index (χ1v) is 11.2. The zero-order valence-corrected chi connectivity index (χ0v) is 16.6. The van der Waals surface area contributed by atoms with Gasteiger partial charge in [0.1, 0.15) is 11.9 Å². The third kappa shape index (κ3) is 6.95. The maximum Gasteiger partial charge on any atom is 0.326 e. The summed E-state index contributed by atoms with van der Waals surface area (Å²) in [4.78, 5) is 23.4. The average molecular weight is 370 g/mol. The van der Waals surface area contributed by atoms with E-state index in [2.05, 4.69) is 39.2 Å². The summed E-state index contributed by atoms with van der Waals surface area (Å²) >= 11 is 0. The smallest absolute Gasteiger partial charge is 0.326 e. The van der Waals surface area contributed by atoms with Crippen molar-refractivity contribution in [2.24, 2.45) is 0 Å². The molecule has 140 valence electrons. The number of benzene rings is 1. The summed E-state index contributed by atoms with van der Waals surface area (Å²) in [5, 5.41) is 11.9. The molecule has 1 aromatic rings. The maximum atomic E-state index is 12.9. The van der Waals surface area contributed by atoms with E-state index in [4.69, 9.17) is 4.43 Å². The van der Waals surface area contributed by atoms with Crippen molar-refractivity contribution in [3.8, 4) is 0 Å². The first-order valence-electron chi connectivity index (χ1n) is 8.33. The first kappa shape index (κ1) is 21.3. The van der Waals surface area contributed by atoms with Gasteiger partial charge < -0.3 is 14.8 Å². The molecule has 0 saturated carbocycles. The van der Waals surface area contributed by atoms with Crippen molar-refractivity contribution in [3.05, 3.63) is 35.6 Å². The quantitative estimate of drug-likeness (QED) is 0.689. The van der Waals surface area contributed by atoms with Crippen LogP contribution in [0.4, 0.5) is 4.39 Å². The van der Waals surface area contributed by atoms with Crippen molar-refractivity contribution in [2.75, 3.05) is 6.61 Å². The van der Waals surface area contributed by atoms with E-state index in [0.717, 1.165) is 0 Å². The number of hydrogen-bond donors (Lipinski definition) is 2. The topological polar surface area (TPSA) is 75.6 Å². The molecule has 1 rings (SSSR count). The number of carboxylic acids is 1. The zero-order valence-electron chi connectivity index (χ0n) is 15.6. The Labute approximate surface area is 149 Å². The Morgan fingerprint density at radius 3 is 2.28 bits per heavy atom. The fraction of sp³-hybridized carbons (Fsp3) is 0.556. The Kier molecular flexibility index (Phi) is 7.31. The van der Waals surface area contributed by atoms with Crippen LogP contribution in [0.15, 0.2) is 24.3 Å². The van der Waals surface area contributed by atoms with Crippen molar-refractivity contribution >= 4 is 20.2 Å². The van der Waals surface area contributed by atoms with Crippen LogP contribution < -0.4 is 5.32 Å². The molecule has 0 aliphatic rings. The van der Waals surface area contributed by atoms with Crippen LogP contribution in [0.2, 0.25) is 18.1 Å². The van der Waals surface area contributed by atoms with E-state index in [0.29, 0.717) is 5.56 Å². The highest BCUT2D eigenvalue weighted by Crippen LogP contribution is 2.36. The van der Waals surface area contributed by atoms with Gasteiger partial charge in [-0.2, -0.15) is 0 Å². The first-order chi connectivity index (χ1) is 11.4. The van der Waals surface area contributed by atoms with Gasteiger partial charge in [-0.25, -0.2) is 9.18 Å². The SMILES string of the molecule is CC(C)(C)[Si](C)(C)OCC[C@H](NC(=O)Cc1ccc(F)cc1)C(=O)O. The number of halogens is 1. The molecule has 0 saturated heterocycles. The minimum Gasteiger partial charge on any atom is -0.480 e. The van der Waals surface area contributed by atoms with Gasteiger partial charge in [-0.1, -0.05) is 32.9 Å². The molecule has 0 bridgehead atoms. The fourth-order valence-corrected chi connectivity index (χ4v) is 3.00. The Balaban J connectivity index is 2.55. The van der Waals surface area contributed by atoms with Crippen LogP contribution in [0, 0.1) is 5.82 Å². The second kappa shape index (κ2) is 8.58. The minimum atomic E-state index is -1.95. The Morgan fingerprint density at radius 2 is 1.80 bits per heavy atom. The van der Waals surface area contributed by atoms with Crippen molar-refractivity contribution in [2.45, 2.75) is 57.8 Å². The standard InChI is InChI=1S/C18H28FNO4Si/c1-18(2,3)25(4,5)24-11-10-15(17(22)23)20-16(21)12-13-6-8-14(19)9-7-13/h6-9,15H,10-12H2,1-5H3,(H,20,21)(H,22,23)/t15-/m0/s1. The third-order valence-electron chi connectivity index (χ3n) is 4.59. The van der Waals surface area contributed by atoms with Gasteiger partial charge in [0.25, 0.3) is 0 Å². The summed E-state index contributed by atoms with van der Waals surface area (Å²) in [5.41, 5.74) is 0.626. The number of aliphatic carboxylic acids is 1. The van der Waals surface area contributed by atoms with Crippen molar-refractivity contribution in [1.29, 1.82) is 0 Å². The summed E-state index contributed by atoms with van der Waals surface area (Å²) in [5.74, 6) is -1.88. The summed E-state index contributed by atoms with van der Waals surface area (Å²) < 4.78 is 18.8. The summed E-state index contributed by atoms with van der Waals surface area (Å²) in [6, 6.07) is 4.54. The average Bonchev–Trinajstić information content (AvgIpc) is 2.47. The van der Waals surface area contributed by atoms with Crippen LogP contribution in [0.25, 0.3) is 0 Å². The molecule has 0 unspecified atom stereocenters. The van der Waals surface area contributed by atoms with Gasteiger partial charge in [-0.05, 0) is 35.8 Å². The Bertz CT molecular complexity index is 596. The number of rotatable bonds is 8. The molecule has 0 aliphatic heterocycles. The predicted molar refractivity (Wildman–Crippen MR) is 97.4 cm³/mol. The molecule has 25 heavy (non-hydrogen) atoms. The van der Waals surface area contributed by atoms with Crippen LogP contribution in [0.3, 0.4) is 0 Å². The highest BCUT2D eigenvalue weighted by Gasteiger charge is 2.37. The van der Waals surface area contributed by atoms with E-state index < -0.39 is 26.2 Å². The molecule has 0 heterocycles. The summed E-state index contributed by atoms with van der Waals surface area (Å²) in [6.45, 7) is 10.8. The van der Waals surface area contributed by atoms with Gasteiger partial charge in [0.05, 0.1) is 6.42 Å². The molecular weight excluding hydrogens is 341 g/mol. The second-order valence-electron chi connectivity index (χ2n) is 7.66. The Hall–Kier alpha value is -1.73. The molecule has 1 amide bonds. The third-order valence-corrected chi connectivity index (χ3v) is 9.13. The van der Waals surface area contributed by atoms with E-state index in [9.17, 15) is 19.1 Å². The molecule has 0 radical (unpaired) electrons. The molecule has 0 aliphatic carbocycles. The van der Waals surface area contributed by atoms with Crippen molar-refractivity contribution in [3.63, 3.8) is 0 Å². The number of carbonyl (C=O) groups excluding carboxylic acids is 1. The number of carbonyl (C=O) groups is 2. The largest absolute Gasteiger partial charge is 0.480 e. The van der Waals surface area contributed by atoms with E-state index in [1.54, 1.807) is 0 Å². The normalized spacial score (nSPS) is 13.4. The zero-order chi connectivity index (χ0) is 19.3. The molecule has 1 aromatic carbocycles. The Morgan fingerprint density at radius 1 is 1.24 bits per heavy atom.